The van der Waals surface area contributed by atoms with Gasteiger partial charge in [0.15, 0.2) is 6.10 Å². The molecule has 2 atom stereocenters. The van der Waals surface area contributed by atoms with Crippen LogP contribution >= 0.6 is 0 Å². The molecule has 9 heteroatoms. The Kier molecular flexibility index (Phi) is 40.3. The van der Waals surface area contributed by atoms with Gasteiger partial charge >= 0.3 is 17.9 Å². The summed E-state index contributed by atoms with van der Waals surface area (Å²) in [5.41, 5.74) is 0. The van der Waals surface area contributed by atoms with Gasteiger partial charge in [0.2, 0.25) is 0 Å². The fourth-order valence-corrected chi connectivity index (χ4v) is 6.95. The van der Waals surface area contributed by atoms with Crippen molar-refractivity contribution in [3.63, 3.8) is 0 Å². The van der Waals surface area contributed by atoms with Crippen LogP contribution in [0.2, 0.25) is 0 Å². The van der Waals surface area contributed by atoms with Gasteiger partial charge in [0.25, 0.3) is 6.29 Å². The number of likely N-dealkylation sites (N-methyl/N-ethyl adjacent to an activating group) is 1. The van der Waals surface area contributed by atoms with Crippen LogP contribution in [0, 0.1) is 0 Å². The van der Waals surface area contributed by atoms with Gasteiger partial charge in [0, 0.05) is 12.8 Å². The summed E-state index contributed by atoms with van der Waals surface area (Å²) in [5, 5.41) is 9.65. The summed E-state index contributed by atoms with van der Waals surface area (Å²) in [5.74, 6) is -1.99. The second-order valence-electron chi connectivity index (χ2n) is 17.8. The average molecular weight is 825 g/mol. The lowest BCUT2D eigenvalue weighted by Crippen LogP contribution is -2.40. The number of aliphatic carboxylic acids is 1. The number of hydrogen-bond acceptors (Lipinski definition) is 7. The Hall–Kier alpha value is -1.97. The molecule has 9 nitrogen and oxygen atoms in total. The molecular formula is C49H94NO8+. The maximum atomic E-state index is 12.8. The number of esters is 2. The normalized spacial score (nSPS) is 12.9. The van der Waals surface area contributed by atoms with E-state index in [1.54, 1.807) is 0 Å². The molecule has 0 saturated heterocycles. The Morgan fingerprint density at radius 2 is 0.879 bits per heavy atom. The molecule has 0 aromatic heterocycles. The van der Waals surface area contributed by atoms with Gasteiger partial charge in [-0.3, -0.25) is 9.59 Å². The zero-order chi connectivity index (χ0) is 42.8. The van der Waals surface area contributed by atoms with Crippen LogP contribution in [0.15, 0.2) is 12.2 Å². The summed E-state index contributed by atoms with van der Waals surface area (Å²) in [6.07, 6.45) is 41.2. The van der Waals surface area contributed by atoms with Gasteiger partial charge in [0.1, 0.15) is 13.2 Å². The van der Waals surface area contributed by atoms with E-state index in [9.17, 15) is 19.5 Å². The van der Waals surface area contributed by atoms with Crippen LogP contribution in [0.1, 0.15) is 226 Å². The Bertz CT molecular complexity index is 965. The first-order chi connectivity index (χ1) is 28.1. The molecule has 1 N–H and O–H groups in total. The minimum atomic E-state index is -1.50. The van der Waals surface area contributed by atoms with Gasteiger partial charge in [-0.2, -0.15) is 0 Å². The largest absolute Gasteiger partial charge is 0.477 e. The van der Waals surface area contributed by atoms with Crippen molar-refractivity contribution in [2.24, 2.45) is 0 Å². The number of carboxylic acid groups (broad SMARTS) is 1. The molecule has 0 aliphatic heterocycles. The number of rotatable bonds is 45. The molecule has 2 unspecified atom stereocenters. The molecule has 0 saturated carbocycles. The molecule has 58 heavy (non-hydrogen) atoms. The summed E-state index contributed by atoms with van der Waals surface area (Å²) >= 11 is 0. The highest BCUT2D eigenvalue weighted by atomic mass is 16.7. The highest BCUT2D eigenvalue weighted by Gasteiger charge is 2.25. The van der Waals surface area contributed by atoms with Crippen molar-refractivity contribution in [3.8, 4) is 0 Å². The van der Waals surface area contributed by atoms with E-state index in [1.807, 2.05) is 21.1 Å². The number of carbonyl (C=O) groups excluding carboxylic acids is 2. The monoisotopic (exact) mass is 825 g/mol. The molecule has 0 heterocycles. The molecule has 0 fully saturated rings. The fraction of sp³-hybridized carbons (Fsp3) is 0.898. The number of ether oxygens (including phenoxy) is 4. The fourth-order valence-electron chi connectivity index (χ4n) is 6.95. The molecular weight excluding hydrogens is 731 g/mol. The number of quaternary nitrogens is 1. The van der Waals surface area contributed by atoms with Crippen molar-refractivity contribution in [3.05, 3.63) is 12.2 Å². The first-order valence-electron chi connectivity index (χ1n) is 24.4. The Morgan fingerprint density at radius 3 is 1.28 bits per heavy atom. The van der Waals surface area contributed by atoms with Crippen LogP contribution < -0.4 is 0 Å². The maximum absolute atomic E-state index is 12.8. The summed E-state index contributed by atoms with van der Waals surface area (Å²) in [4.78, 5) is 37.2. The van der Waals surface area contributed by atoms with Crippen LogP contribution in [0.3, 0.4) is 0 Å². The molecule has 0 spiro atoms. The van der Waals surface area contributed by atoms with Crippen molar-refractivity contribution >= 4 is 17.9 Å². The highest BCUT2D eigenvalue weighted by molar-refractivity contribution is 5.71. The molecule has 0 amide bonds. The Balaban J connectivity index is 4.35. The van der Waals surface area contributed by atoms with E-state index in [2.05, 4.69) is 26.0 Å². The van der Waals surface area contributed by atoms with E-state index in [1.165, 1.54) is 161 Å². The smallest absolute Gasteiger partial charge is 0.361 e. The molecule has 0 aromatic carbocycles. The van der Waals surface area contributed by atoms with Crippen molar-refractivity contribution < 1.29 is 42.9 Å². The third-order valence-electron chi connectivity index (χ3n) is 10.8. The van der Waals surface area contributed by atoms with Crippen LogP contribution in [0.4, 0.5) is 0 Å². The van der Waals surface area contributed by atoms with Crippen molar-refractivity contribution in [1.29, 1.82) is 0 Å². The number of carboxylic acids is 1. The Morgan fingerprint density at radius 1 is 0.500 bits per heavy atom. The highest BCUT2D eigenvalue weighted by Crippen LogP contribution is 2.16. The van der Waals surface area contributed by atoms with E-state index in [-0.39, 0.29) is 32.2 Å². The summed E-state index contributed by atoms with van der Waals surface area (Å²) in [7, 11) is 5.96. The molecule has 0 aliphatic carbocycles. The summed E-state index contributed by atoms with van der Waals surface area (Å²) in [6.45, 7) is 4.89. The van der Waals surface area contributed by atoms with Crippen molar-refractivity contribution in [2.45, 2.75) is 238 Å². The van der Waals surface area contributed by atoms with Crippen LogP contribution in [-0.2, 0) is 33.3 Å². The molecule has 0 bridgehead atoms. The minimum absolute atomic E-state index is 0.177. The molecule has 0 aliphatic rings. The Labute approximate surface area is 357 Å². The third kappa shape index (κ3) is 42.2. The second kappa shape index (κ2) is 41.8. The zero-order valence-corrected chi connectivity index (χ0v) is 38.7. The topological polar surface area (TPSA) is 108 Å². The SMILES string of the molecule is CCCCCCCC/C=C\CCCCCCCCCCCC(=O)OC(COC(=O)CCCCCCCCCCCCCCCC)COC(OCC[N+](C)(C)C)C(=O)O. The van der Waals surface area contributed by atoms with Gasteiger partial charge in [-0.1, -0.05) is 187 Å². The van der Waals surface area contributed by atoms with E-state index >= 15 is 0 Å². The predicted octanol–water partition coefficient (Wildman–Crippen LogP) is 13.1. The lowest BCUT2D eigenvalue weighted by atomic mass is 10.0. The number of hydrogen-bond donors (Lipinski definition) is 1. The molecule has 342 valence electrons. The quantitative estimate of drug-likeness (QED) is 0.0213. The van der Waals surface area contributed by atoms with E-state index in [0.717, 1.165) is 38.5 Å². The van der Waals surface area contributed by atoms with Crippen molar-refractivity contribution in [2.75, 3.05) is 47.5 Å². The van der Waals surface area contributed by atoms with E-state index < -0.39 is 24.3 Å². The molecule has 0 radical (unpaired) electrons. The number of unbranched alkanes of at least 4 members (excludes halogenated alkanes) is 28. The standard InChI is InChI=1S/C49H93NO8/c1-6-8-10-12-14-16-18-20-22-23-24-25-26-28-30-32-34-36-38-40-47(52)58-45(44-57-49(48(53)54)55-42-41-50(3,4)5)43-56-46(51)39-37-35-33-31-29-27-21-19-17-15-13-11-9-7-2/h20,22,45,49H,6-19,21,23-44H2,1-5H3/p+1/b22-20-. The van der Waals surface area contributed by atoms with Crippen LogP contribution in [0.5, 0.6) is 0 Å². The zero-order valence-electron chi connectivity index (χ0n) is 38.7. The van der Waals surface area contributed by atoms with Gasteiger partial charge in [-0.15, -0.1) is 0 Å². The predicted molar refractivity (Wildman–Crippen MR) is 240 cm³/mol. The minimum Gasteiger partial charge on any atom is -0.477 e. The van der Waals surface area contributed by atoms with Crippen molar-refractivity contribution in [1.82, 2.24) is 0 Å². The van der Waals surface area contributed by atoms with Gasteiger partial charge in [0.05, 0.1) is 34.4 Å². The first kappa shape index (κ1) is 56.0. The van der Waals surface area contributed by atoms with Crippen LogP contribution in [0.25, 0.3) is 0 Å². The molecule has 0 rings (SSSR count). The third-order valence-corrected chi connectivity index (χ3v) is 10.8. The number of carbonyl (C=O) groups is 3. The van der Waals surface area contributed by atoms with E-state index in [4.69, 9.17) is 18.9 Å². The maximum Gasteiger partial charge on any atom is 0.361 e. The van der Waals surface area contributed by atoms with Gasteiger partial charge in [-0.05, 0) is 38.5 Å². The second-order valence-corrected chi connectivity index (χ2v) is 17.8. The lowest BCUT2D eigenvalue weighted by molar-refractivity contribution is -0.870. The number of nitrogens with zero attached hydrogens (tertiary/aromatic N) is 1. The lowest BCUT2D eigenvalue weighted by Gasteiger charge is -2.25. The van der Waals surface area contributed by atoms with Gasteiger partial charge in [-0.25, -0.2) is 4.79 Å². The average Bonchev–Trinajstić information content (AvgIpc) is 3.18. The number of allylic oxidation sites excluding steroid dienone is 2. The molecule has 0 aromatic rings. The van der Waals surface area contributed by atoms with E-state index in [0.29, 0.717) is 17.4 Å². The summed E-state index contributed by atoms with van der Waals surface area (Å²) < 4.78 is 22.8. The summed E-state index contributed by atoms with van der Waals surface area (Å²) in [6, 6.07) is 0. The van der Waals surface area contributed by atoms with Gasteiger partial charge < -0.3 is 28.5 Å². The van der Waals surface area contributed by atoms with Crippen LogP contribution in [-0.4, -0.2) is 87.4 Å². The first-order valence-corrected chi connectivity index (χ1v) is 24.4.